The van der Waals surface area contributed by atoms with Crippen molar-refractivity contribution in [3.8, 4) is 11.5 Å². The Morgan fingerprint density at radius 2 is 1.71 bits per heavy atom. The Morgan fingerprint density at radius 3 is 2.36 bits per heavy atom. The van der Waals surface area contributed by atoms with E-state index in [0.717, 1.165) is 37.1 Å². The number of carbonyl (C=O) groups excluding carboxylic acids is 1. The average molecular weight is 384 g/mol. The van der Waals surface area contributed by atoms with Crippen molar-refractivity contribution < 1.29 is 19.0 Å². The number of fused-ring (bicyclic) bond motifs is 1. The normalized spacial score (nSPS) is 18.4. The van der Waals surface area contributed by atoms with Gasteiger partial charge in [0.25, 0.3) is 0 Å². The van der Waals surface area contributed by atoms with Gasteiger partial charge in [-0.3, -0.25) is 4.79 Å². The van der Waals surface area contributed by atoms with Crippen LogP contribution in [0.2, 0.25) is 0 Å². The largest absolute Gasteiger partial charge is 0.493 e. The summed E-state index contributed by atoms with van der Waals surface area (Å²) in [5, 5.41) is 0. The molecule has 0 radical (unpaired) electrons. The molecule has 4 rings (SSSR count). The minimum Gasteiger partial charge on any atom is -0.493 e. The molecule has 1 amide bonds. The summed E-state index contributed by atoms with van der Waals surface area (Å²) in [7, 11) is 3.29. The second kappa shape index (κ2) is 7.87. The molecule has 2 aliphatic rings. The number of ether oxygens (including phenoxy) is 3. The Hall–Kier alpha value is -2.47. The maximum atomic E-state index is 13.3. The van der Waals surface area contributed by atoms with E-state index in [9.17, 15) is 4.79 Å². The van der Waals surface area contributed by atoms with Gasteiger partial charge in [0.15, 0.2) is 11.5 Å². The maximum absolute atomic E-state index is 13.3. The molecule has 6 nitrogen and oxygen atoms in total. The number of aromatic nitrogens is 1. The van der Waals surface area contributed by atoms with Crippen LogP contribution in [0.4, 0.5) is 0 Å². The number of methoxy groups -OCH3 is 2. The highest BCUT2D eigenvalue weighted by Gasteiger charge is 2.38. The Bertz CT molecular complexity index is 825. The van der Waals surface area contributed by atoms with E-state index in [1.54, 1.807) is 14.2 Å². The number of hydrogen-bond acceptors (Lipinski definition) is 4. The molecule has 6 heteroatoms. The fraction of sp³-hybridized carbons (Fsp3) is 0.500. The fourth-order valence-electron chi connectivity index (χ4n) is 4.42. The fourth-order valence-corrected chi connectivity index (χ4v) is 4.42. The number of rotatable bonds is 5. The van der Waals surface area contributed by atoms with Crippen LogP contribution in [-0.2, 0) is 28.0 Å². The van der Waals surface area contributed by atoms with Gasteiger partial charge in [-0.05, 0) is 54.7 Å². The quantitative estimate of drug-likeness (QED) is 0.795. The third-order valence-corrected chi connectivity index (χ3v) is 6.13. The summed E-state index contributed by atoms with van der Waals surface area (Å²) in [6, 6.07) is 8.09. The van der Waals surface area contributed by atoms with E-state index >= 15 is 0 Å². The topological polar surface area (TPSA) is 52.9 Å². The van der Waals surface area contributed by atoms with Gasteiger partial charge < -0.3 is 23.7 Å². The van der Waals surface area contributed by atoms with E-state index < -0.39 is 0 Å². The van der Waals surface area contributed by atoms with Crippen LogP contribution in [0.25, 0.3) is 0 Å². The summed E-state index contributed by atoms with van der Waals surface area (Å²) in [6.45, 7) is 2.75. The first-order valence-corrected chi connectivity index (χ1v) is 9.88. The summed E-state index contributed by atoms with van der Waals surface area (Å²) in [6.07, 6.45) is 7.21. The third-order valence-electron chi connectivity index (χ3n) is 6.13. The van der Waals surface area contributed by atoms with Crippen LogP contribution >= 0.6 is 0 Å². The molecule has 0 N–H and O–H groups in total. The second-order valence-electron chi connectivity index (χ2n) is 7.64. The summed E-state index contributed by atoms with van der Waals surface area (Å²) in [5.74, 6) is 1.66. The van der Waals surface area contributed by atoms with E-state index in [1.807, 2.05) is 29.2 Å². The molecule has 0 saturated carbocycles. The van der Waals surface area contributed by atoms with Crippen molar-refractivity contribution in [2.45, 2.75) is 37.8 Å². The Labute approximate surface area is 166 Å². The summed E-state index contributed by atoms with van der Waals surface area (Å²) < 4.78 is 18.6. The molecule has 0 unspecified atom stereocenters. The lowest BCUT2D eigenvalue weighted by Gasteiger charge is -2.40. The molecule has 150 valence electrons. The first-order valence-electron chi connectivity index (χ1n) is 9.88. The lowest BCUT2D eigenvalue weighted by atomic mass is 9.85. The zero-order valence-electron chi connectivity index (χ0n) is 16.6. The Morgan fingerprint density at radius 1 is 1.07 bits per heavy atom. The van der Waals surface area contributed by atoms with Crippen LogP contribution in [0, 0.1) is 0 Å². The lowest BCUT2D eigenvalue weighted by molar-refractivity contribution is -0.135. The molecule has 0 spiro atoms. The average Bonchev–Trinajstić information content (AvgIpc) is 3.28. The Balaban J connectivity index is 1.53. The van der Waals surface area contributed by atoms with Crippen LogP contribution in [0.15, 0.2) is 36.7 Å². The molecule has 2 aliphatic heterocycles. The molecule has 2 aromatic rings. The molecule has 0 aliphatic carbocycles. The smallest absolute Gasteiger partial charge is 0.225 e. The molecule has 3 heterocycles. The van der Waals surface area contributed by atoms with Gasteiger partial charge in [-0.15, -0.1) is 0 Å². The summed E-state index contributed by atoms with van der Waals surface area (Å²) >= 11 is 0. The SMILES string of the molecule is COc1cc2c(cc1OC)CN(C(=O)CC1(n3cccc3)CCOCC1)CC2. The highest BCUT2D eigenvalue weighted by Crippen LogP contribution is 2.36. The molecule has 1 saturated heterocycles. The van der Waals surface area contributed by atoms with Crippen LogP contribution in [0.3, 0.4) is 0 Å². The number of amides is 1. The highest BCUT2D eigenvalue weighted by molar-refractivity contribution is 5.77. The monoisotopic (exact) mass is 384 g/mol. The van der Waals surface area contributed by atoms with Gasteiger partial charge in [-0.1, -0.05) is 0 Å². The molecule has 1 fully saturated rings. The Kier molecular flexibility index (Phi) is 5.31. The van der Waals surface area contributed by atoms with E-state index in [-0.39, 0.29) is 11.4 Å². The van der Waals surface area contributed by atoms with E-state index in [4.69, 9.17) is 14.2 Å². The number of carbonyl (C=O) groups is 1. The zero-order valence-corrected chi connectivity index (χ0v) is 16.6. The molecule has 28 heavy (non-hydrogen) atoms. The standard InChI is InChI=1S/C22H28N2O4/c1-26-19-13-17-5-10-23(16-18(17)14-20(19)27-2)21(25)15-22(6-11-28-12-7-22)24-8-3-4-9-24/h3-4,8-9,13-14H,5-7,10-12,15-16H2,1-2H3. The molecule has 0 bridgehead atoms. The predicted molar refractivity (Wildman–Crippen MR) is 106 cm³/mol. The third kappa shape index (κ3) is 3.49. The van der Waals surface area contributed by atoms with Crippen molar-refractivity contribution in [2.24, 2.45) is 0 Å². The number of nitrogens with zero attached hydrogens (tertiary/aromatic N) is 2. The van der Waals surface area contributed by atoms with Gasteiger partial charge in [-0.25, -0.2) is 0 Å². The first kappa shape index (κ1) is 18.9. The van der Waals surface area contributed by atoms with Crippen molar-refractivity contribution in [3.05, 3.63) is 47.8 Å². The zero-order chi connectivity index (χ0) is 19.6. The molecular formula is C22H28N2O4. The first-order chi connectivity index (χ1) is 13.6. The van der Waals surface area contributed by atoms with Gasteiger partial charge in [-0.2, -0.15) is 0 Å². The maximum Gasteiger partial charge on any atom is 0.225 e. The second-order valence-corrected chi connectivity index (χ2v) is 7.64. The molecule has 1 aromatic carbocycles. The van der Waals surface area contributed by atoms with Crippen molar-refractivity contribution in [3.63, 3.8) is 0 Å². The van der Waals surface area contributed by atoms with E-state index in [1.165, 1.54) is 5.56 Å². The summed E-state index contributed by atoms with van der Waals surface area (Å²) in [4.78, 5) is 15.3. The van der Waals surface area contributed by atoms with E-state index in [0.29, 0.717) is 31.9 Å². The van der Waals surface area contributed by atoms with Crippen LogP contribution in [0.1, 0.15) is 30.4 Å². The van der Waals surface area contributed by atoms with Gasteiger partial charge in [0, 0.05) is 38.7 Å². The van der Waals surface area contributed by atoms with Gasteiger partial charge in [0.05, 0.1) is 26.2 Å². The minimum atomic E-state index is -0.184. The van der Waals surface area contributed by atoms with Gasteiger partial charge in [0.1, 0.15) is 0 Å². The van der Waals surface area contributed by atoms with Crippen molar-refractivity contribution in [1.82, 2.24) is 9.47 Å². The molecule has 1 aromatic heterocycles. The highest BCUT2D eigenvalue weighted by atomic mass is 16.5. The van der Waals surface area contributed by atoms with E-state index in [2.05, 4.69) is 17.0 Å². The van der Waals surface area contributed by atoms with Crippen LogP contribution in [-0.4, -0.2) is 49.4 Å². The minimum absolute atomic E-state index is 0.184. The summed E-state index contributed by atoms with van der Waals surface area (Å²) in [5.41, 5.74) is 2.18. The van der Waals surface area contributed by atoms with Gasteiger partial charge >= 0.3 is 0 Å². The number of hydrogen-bond donors (Lipinski definition) is 0. The number of benzene rings is 1. The van der Waals surface area contributed by atoms with Crippen molar-refractivity contribution in [2.75, 3.05) is 34.0 Å². The van der Waals surface area contributed by atoms with Crippen LogP contribution in [0.5, 0.6) is 11.5 Å². The van der Waals surface area contributed by atoms with Crippen molar-refractivity contribution in [1.29, 1.82) is 0 Å². The lowest BCUT2D eigenvalue weighted by Crippen LogP contribution is -2.45. The van der Waals surface area contributed by atoms with Gasteiger partial charge in [0.2, 0.25) is 5.91 Å². The molecule has 0 atom stereocenters. The van der Waals surface area contributed by atoms with Crippen molar-refractivity contribution >= 4 is 5.91 Å². The molecular weight excluding hydrogens is 356 g/mol. The van der Waals surface area contributed by atoms with Crippen LogP contribution < -0.4 is 9.47 Å². The predicted octanol–water partition coefficient (Wildman–Crippen LogP) is 2.99.